The number of carbonyl (C=O) groups excluding carboxylic acids is 1. The molecule has 102 valence electrons. The van der Waals surface area contributed by atoms with Gasteiger partial charge in [0.2, 0.25) is 5.91 Å². The van der Waals surface area contributed by atoms with Crippen LogP contribution in [0, 0.1) is 0 Å². The third-order valence-electron chi connectivity index (χ3n) is 2.75. The van der Waals surface area contributed by atoms with Crippen molar-refractivity contribution < 1.29 is 4.79 Å². The Kier molecular flexibility index (Phi) is 7.39. The van der Waals surface area contributed by atoms with Crippen molar-refractivity contribution in [2.75, 3.05) is 20.1 Å². The van der Waals surface area contributed by atoms with E-state index in [9.17, 15) is 4.79 Å². The Morgan fingerprint density at radius 1 is 1.29 bits per heavy atom. The molecule has 1 atom stereocenters. The lowest BCUT2D eigenvalue weighted by Gasteiger charge is -2.28. The van der Waals surface area contributed by atoms with Crippen LogP contribution in [0.15, 0.2) is 0 Å². The first-order valence-corrected chi connectivity index (χ1v) is 6.50. The average Bonchev–Trinajstić information content (AvgIpc) is 2.20. The highest BCUT2D eigenvalue weighted by molar-refractivity contribution is 5.81. The Balaban J connectivity index is 3.95. The number of amides is 1. The SMILES string of the molecule is CC(C(=O)NC(C)(C)C)N(C)CCCCCN. The zero-order chi connectivity index (χ0) is 13.5. The Morgan fingerprint density at radius 3 is 2.35 bits per heavy atom. The minimum atomic E-state index is -0.161. The molecule has 4 heteroatoms. The molecule has 0 spiro atoms. The molecule has 1 unspecified atom stereocenters. The number of nitrogens with two attached hydrogens (primary N) is 1. The summed E-state index contributed by atoms with van der Waals surface area (Å²) in [6.45, 7) is 9.64. The fourth-order valence-electron chi connectivity index (χ4n) is 1.55. The number of hydrogen-bond acceptors (Lipinski definition) is 3. The molecule has 3 N–H and O–H groups in total. The topological polar surface area (TPSA) is 58.4 Å². The van der Waals surface area contributed by atoms with Crippen LogP contribution in [-0.2, 0) is 4.79 Å². The van der Waals surface area contributed by atoms with Crippen LogP contribution in [0.2, 0.25) is 0 Å². The van der Waals surface area contributed by atoms with E-state index in [0.29, 0.717) is 0 Å². The van der Waals surface area contributed by atoms with Gasteiger partial charge in [-0.25, -0.2) is 0 Å². The average molecular weight is 243 g/mol. The number of hydrogen-bond donors (Lipinski definition) is 2. The second kappa shape index (κ2) is 7.67. The maximum Gasteiger partial charge on any atom is 0.237 e. The van der Waals surface area contributed by atoms with Gasteiger partial charge in [-0.05, 0) is 60.7 Å². The molecule has 0 bridgehead atoms. The fourth-order valence-corrected chi connectivity index (χ4v) is 1.55. The van der Waals surface area contributed by atoms with Gasteiger partial charge < -0.3 is 11.1 Å². The van der Waals surface area contributed by atoms with Crippen molar-refractivity contribution in [2.45, 2.75) is 58.5 Å². The van der Waals surface area contributed by atoms with Gasteiger partial charge in [0.15, 0.2) is 0 Å². The van der Waals surface area contributed by atoms with E-state index in [2.05, 4.69) is 10.2 Å². The van der Waals surface area contributed by atoms with Crippen molar-refractivity contribution in [1.82, 2.24) is 10.2 Å². The Labute approximate surface area is 106 Å². The molecule has 0 saturated carbocycles. The highest BCUT2D eigenvalue weighted by Crippen LogP contribution is 2.04. The van der Waals surface area contributed by atoms with Crippen LogP contribution in [0.1, 0.15) is 47.0 Å². The fraction of sp³-hybridized carbons (Fsp3) is 0.923. The van der Waals surface area contributed by atoms with Crippen molar-refractivity contribution in [3.63, 3.8) is 0 Å². The van der Waals surface area contributed by atoms with Crippen molar-refractivity contribution in [3.8, 4) is 0 Å². The maximum atomic E-state index is 11.9. The van der Waals surface area contributed by atoms with E-state index in [-0.39, 0.29) is 17.5 Å². The van der Waals surface area contributed by atoms with Gasteiger partial charge in [0.05, 0.1) is 6.04 Å². The van der Waals surface area contributed by atoms with Crippen LogP contribution < -0.4 is 11.1 Å². The molecule has 0 aliphatic carbocycles. The summed E-state index contributed by atoms with van der Waals surface area (Å²) in [5.74, 6) is 0.0961. The predicted molar refractivity (Wildman–Crippen MR) is 72.9 cm³/mol. The zero-order valence-electron chi connectivity index (χ0n) is 12.0. The van der Waals surface area contributed by atoms with Crippen LogP contribution in [0.25, 0.3) is 0 Å². The first kappa shape index (κ1) is 16.4. The van der Waals surface area contributed by atoms with Crippen LogP contribution in [0.3, 0.4) is 0 Å². The molecule has 0 rings (SSSR count). The lowest BCUT2D eigenvalue weighted by molar-refractivity contribution is -0.126. The van der Waals surface area contributed by atoms with Gasteiger partial charge >= 0.3 is 0 Å². The molecule has 1 amide bonds. The maximum absolute atomic E-state index is 11.9. The molecule has 0 fully saturated rings. The summed E-state index contributed by atoms with van der Waals surface area (Å²) in [6.07, 6.45) is 3.30. The largest absolute Gasteiger partial charge is 0.350 e. The molecule has 0 radical (unpaired) electrons. The van der Waals surface area contributed by atoms with Crippen LogP contribution >= 0.6 is 0 Å². The van der Waals surface area contributed by atoms with E-state index in [1.807, 2.05) is 34.7 Å². The Hall–Kier alpha value is -0.610. The number of nitrogens with zero attached hydrogens (tertiary/aromatic N) is 1. The summed E-state index contributed by atoms with van der Waals surface area (Å²) in [5.41, 5.74) is 5.28. The molecule has 0 aromatic heterocycles. The Bertz CT molecular complexity index is 223. The normalized spacial score (nSPS) is 13.8. The molecule has 0 aromatic carbocycles. The molecule has 4 nitrogen and oxygen atoms in total. The summed E-state index contributed by atoms with van der Waals surface area (Å²) < 4.78 is 0. The summed E-state index contributed by atoms with van der Waals surface area (Å²) in [6, 6.07) is -0.0768. The molecule has 0 aliphatic rings. The molecule has 17 heavy (non-hydrogen) atoms. The second-order valence-corrected chi connectivity index (χ2v) is 5.75. The van der Waals surface area contributed by atoms with E-state index in [1.54, 1.807) is 0 Å². The van der Waals surface area contributed by atoms with Crippen molar-refractivity contribution in [3.05, 3.63) is 0 Å². The molecular formula is C13H29N3O. The third-order valence-corrected chi connectivity index (χ3v) is 2.75. The second-order valence-electron chi connectivity index (χ2n) is 5.75. The minimum absolute atomic E-state index is 0.0768. The first-order valence-electron chi connectivity index (χ1n) is 6.50. The first-order chi connectivity index (χ1) is 7.78. The Morgan fingerprint density at radius 2 is 1.88 bits per heavy atom. The predicted octanol–water partition coefficient (Wildman–Crippen LogP) is 1.35. The van der Waals surface area contributed by atoms with Gasteiger partial charge in [0.25, 0.3) is 0 Å². The third kappa shape index (κ3) is 8.16. The van der Waals surface area contributed by atoms with Crippen molar-refractivity contribution in [2.24, 2.45) is 5.73 Å². The van der Waals surface area contributed by atoms with E-state index in [0.717, 1.165) is 32.4 Å². The summed E-state index contributed by atoms with van der Waals surface area (Å²) in [4.78, 5) is 14.0. The summed E-state index contributed by atoms with van der Waals surface area (Å²) >= 11 is 0. The molecular weight excluding hydrogens is 214 g/mol. The van der Waals surface area contributed by atoms with Gasteiger partial charge in [-0.1, -0.05) is 6.42 Å². The monoisotopic (exact) mass is 243 g/mol. The number of unbranched alkanes of at least 4 members (excludes halogenated alkanes) is 2. The highest BCUT2D eigenvalue weighted by Gasteiger charge is 2.21. The van der Waals surface area contributed by atoms with Gasteiger partial charge in [-0.3, -0.25) is 9.69 Å². The van der Waals surface area contributed by atoms with Crippen molar-refractivity contribution in [1.29, 1.82) is 0 Å². The highest BCUT2D eigenvalue weighted by atomic mass is 16.2. The van der Waals surface area contributed by atoms with Gasteiger partial charge in [-0.15, -0.1) is 0 Å². The number of likely N-dealkylation sites (N-methyl/N-ethyl adjacent to an activating group) is 1. The zero-order valence-corrected chi connectivity index (χ0v) is 12.0. The summed E-state index contributed by atoms with van der Waals surface area (Å²) in [7, 11) is 2.00. The van der Waals surface area contributed by atoms with Crippen LogP contribution in [0.4, 0.5) is 0 Å². The van der Waals surface area contributed by atoms with Gasteiger partial charge in [-0.2, -0.15) is 0 Å². The quantitative estimate of drug-likeness (QED) is 0.664. The van der Waals surface area contributed by atoms with E-state index >= 15 is 0 Å². The smallest absolute Gasteiger partial charge is 0.237 e. The van der Waals surface area contributed by atoms with E-state index < -0.39 is 0 Å². The van der Waals surface area contributed by atoms with E-state index in [4.69, 9.17) is 5.73 Å². The molecule has 0 saturated heterocycles. The molecule has 0 aliphatic heterocycles. The van der Waals surface area contributed by atoms with Crippen molar-refractivity contribution >= 4 is 5.91 Å². The van der Waals surface area contributed by atoms with Crippen LogP contribution in [-0.4, -0.2) is 42.5 Å². The lowest BCUT2D eigenvalue weighted by Crippen LogP contribution is -2.50. The number of rotatable bonds is 7. The van der Waals surface area contributed by atoms with Gasteiger partial charge in [0.1, 0.15) is 0 Å². The number of nitrogens with one attached hydrogen (secondary N) is 1. The van der Waals surface area contributed by atoms with E-state index in [1.165, 1.54) is 0 Å². The minimum Gasteiger partial charge on any atom is -0.350 e. The number of carbonyl (C=O) groups is 1. The lowest BCUT2D eigenvalue weighted by atomic mass is 10.1. The van der Waals surface area contributed by atoms with Gasteiger partial charge in [0, 0.05) is 5.54 Å². The standard InChI is InChI=1S/C13H29N3O/c1-11(12(17)15-13(2,3)4)16(5)10-8-6-7-9-14/h11H,6-10,14H2,1-5H3,(H,15,17). The van der Waals surface area contributed by atoms with Crippen LogP contribution in [0.5, 0.6) is 0 Å². The molecule has 0 aromatic rings. The molecule has 0 heterocycles. The summed E-state index contributed by atoms with van der Waals surface area (Å²) in [5, 5.41) is 3.00.